The fraction of sp³-hybridized carbons (Fsp3) is 0.0833. The Hall–Kier alpha value is -3.42. The molecule has 3 aromatic heterocycles. The second kappa shape index (κ2) is 8.61. The molecule has 3 heterocycles. The molecule has 0 saturated heterocycles. The second-order valence-electron chi connectivity index (χ2n) is 7.29. The van der Waals surface area contributed by atoms with Gasteiger partial charge < -0.3 is 0 Å². The van der Waals surface area contributed by atoms with E-state index in [1.54, 1.807) is 12.3 Å². The zero-order chi connectivity index (χ0) is 22.1. The molecule has 0 radical (unpaired) electrons. The maximum absolute atomic E-state index is 12.4. The molecule has 32 heavy (non-hydrogen) atoms. The van der Waals surface area contributed by atoms with Crippen LogP contribution in [0.15, 0.2) is 88.9 Å². The fourth-order valence-corrected chi connectivity index (χ4v) is 4.44. The molecule has 0 spiro atoms. The molecule has 2 aromatic carbocycles. The summed E-state index contributed by atoms with van der Waals surface area (Å²) in [5.41, 5.74) is 4.23. The third-order valence-electron chi connectivity index (χ3n) is 4.97. The number of benzene rings is 2. The molecular formula is C24H18ClN5OS. The summed E-state index contributed by atoms with van der Waals surface area (Å²) < 4.78 is 3.55. The Labute approximate surface area is 193 Å². The van der Waals surface area contributed by atoms with E-state index in [4.69, 9.17) is 11.6 Å². The number of aryl methyl sites for hydroxylation is 1. The van der Waals surface area contributed by atoms with Crippen LogP contribution in [-0.2, 0) is 5.75 Å². The van der Waals surface area contributed by atoms with Gasteiger partial charge in [0, 0.05) is 34.3 Å². The molecule has 8 heteroatoms. The summed E-state index contributed by atoms with van der Waals surface area (Å²) in [5.74, 6) is 1.21. The molecule has 5 rings (SSSR count). The van der Waals surface area contributed by atoms with Gasteiger partial charge in [-0.2, -0.15) is 0 Å². The minimum Gasteiger partial charge on any atom is -0.270 e. The van der Waals surface area contributed by atoms with Crippen LogP contribution in [0.2, 0.25) is 5.02 Å². The zero-order valence-corrected chi connectivity index (χ0v) is 18.7. The van der Waals surface area contributed by atoms with Gasteiger partial charge >= 0.3 is 0 Å². The lowest BCUT2D eigenvalue weighted by atomic mass is 10.2. The molecule has 0 unspecified atom stereocenters. The molecule has 158 valence electrons. The van der Waals surface area contributed by atoms with Gasteiger partial charge in [0.1, 0.15) is 5.65 Å². The first-order valence-electron chi connectivity index (χ1n) is 9.97. The Morgan fingerprint density at radius 1 is 0.969 bits per heavy atom. The number of halogens is 1. The Kier molecular flexibility index (Phi) is 5.51. The summed E-state index contributed by atoms with van der Waals surface area (Å²) >= 11 is 7.56. The summed E-state index contributed by atoms with van der Waals surface area (Å²) in [6, 6.07) is 22.8. The van der Waals surface area contributed by atoms with Crippen molar-refractivity contribution in [2.24, 2.45) is 0 Å². The maximum atomic E-state index is 12.4. The van der Waals surface area contributed by atoms with Gasteiger partial charge in [-0.05, 0) is 61.0 Å². The van der Waals surface area contributed by atoms with Crippen molar-refractivity contribution in [3.63, 3.8) is 0 Å². The highest BCUT2D eigenvalue weighted by atomic mass is 35.5. The largest absolute Gasteiger partial charge is 0.270 e. The molecular weight excluding hydrogens is 442 g/mol. The predicted octanol–water partition coefficient (Wildman–Crippen LogP) is 5.20. The lowest BCUT2D eigenvalue weighted by Gasteiger charge is -2.11. The highest BCUT2D eigenvalue weighted by Crippen LogP contribution is 2.30. The van der Waals surface area contributed by atoms with E-state index in [0.29, 0.717) is 22.1 Å². The van der Waals surface area contributed by atoms with Gasteiger partial charge in [-0.1, -0.05) is 41.6 Å². The van der Waals surface area contributed by atoms with Crippen LogP contribution in [0, 0.1) is 6.92 Å². The van der Waals surface area contributed by atoms with Crippen LogP contribution in [0.25, 0.3) is 22.7 Å². The maximum Gasteiger partial charge on any atom is 0.258 e. The molecule has 0 aliphatic heterocycles. The third-order valence-corrected chi connectivity index (χ3v) is 6.18. The van der Waals surface area contributed by atoms with Gasteiger partial charge in [0.15, 0.2) is 11.0 Å². The Morgan fingerprint density at radius 2 is 1.81 bits per heavy atom. The number of aromatic nitrogens is 5. The van der Waals surface area contributed by atoms with Crippen LogP contribution in [0.3, 0.4) is 0 Å². The first kappa shape index (κ1) is 20.5. The standard InChI is InChI=1S/C24H18ClN5OS/c1-16-5-4-6-20(13-16)30-23(17-8-10-18(25)11-9-17)27-28-24(30)32-15-19-14-22(31)29-12-3-2-7-21(29)26-19/h2-14H,15H2,1H3. The number of hydrogen-bond donors (Lipinski definition) is 0. The van der Waals surface area contributed by atoms with Gasteiger partial charge in [0.05, 0.1) is 5.69 Å². The Balaban J connectivity index is 1.54. The van der Waals surface area contributed by atoms with Crippen molar-refractivity contribution in [1.29, 1.82) is 0 Å². The number of hydrogen-bond acceptors (Lipinski definition) is 5. The summed E-state index contributed by atoms with van der Waals surface area (Å²) in [6.07, 6.45) is 1.72. The zero-order valence-electron chi connectivity index (χ0n) is 17.1. The van der Waals surface area contributed by atoms with E-state index >= 15 is 0 Å². The van der Waals surface area contributed by atoms with E-state index in [0.717, 1.165) is 27.8 Å². The SMILES string of the molecule is Cc1cccc(-n2c(SCc3cc(=O)n4ccccc4n3)nnc2-c2ccc(Cl)cc2)c1. The molecule has 6 nitrogen and oxygen atoms in total. The summed E-state index contributed by atoms with van der Waals surface area (Å²) in [6.45, 7) is 2.05. The number of pyridine rings is 1. The highest BCUT2D eigenvalue weighted by molar-refractivity contribution is 7.98. The molecule has 5 aromatic rings. The van der Waals surface area contributed by atoms with Crippen LogP contribution in [0.5, 0.6) is 0 Å². The summed E-state index contributed by atoms with van der Waals surface area (Å²) in [5, 5.41) is 10.3. The van der Waals surface area contributed by atoms with Crippen molar-refractivity contribution in [2.75, 3.05) is 0 Å². The van der Waals surface area contributed by atoms with E-state index in [1.165, 1.54) is 16.2 Å². The van der Waals surface area contributed by atoms with Gasteiger partial charge in [-0.15, -0.1) is 10.2 Å². The molecule has 0 amide bonds. The van der Waals surface area contributed by atoms with E-state index < -0.39 is 0 Å². The number of fused-ring (bicyclic) bond motifs is 1. The lowest BCUT2D eigenvalue weighted by Crippen LogP contribution is -2.14. The number of thioether (sulfide) groups is 1. The molecule has 0 aliphatic rings. The van der Waals surface area contributed by atoms with Crippen LogP contribution >= 0.6 is 23.4 Å². The fourth-order valence-electron chi connectivity index (χ4n) is 3.46. The molecule has 0 saturated carbocycles. The smallest absolute Gasteiger partial charge is 0.258 e. The highest BCUT2D eigenvalue weighted by Gasteiger charge is 2.17. The van der Waals surface area contributed by atoms with E-state index in [-0.39, 0.29) is 5.56 Å². The van der Waals surface area contributed by atoms with Crippen LogP contribution in [0.4, 0.5) is 0 Å². The minimum absolute atomic E-state index is 0.104. The van der Waals surface area contributed by atoms with Gasteiger partial charge in [-0.25, -0.2) is 4.98 Å². The van der Waals surface area contributed by atoms with Crippen LogP contribution in [0.1, 0.15) is 11.3 Å². The first-order chi connectivity index (χ1) is 15.6. The lowest BCUT2D eigenvalue weighted by molar-refractivity contribution is 0.883. The minimum atomic E-state index is -0.104. The first-order valence-corrected chi connectivity index (χ1v) is 11.3. The Bertz CT molecular complexity index is 1480. The van der Waals surface area contributed by atoms with Crippen molar-refractivity contribution in [3.05, 3.63) is 106 Å². The average molecular weight is 460 g/mol. The quantitative estimate of drug-likeness (QED) is 0.338. The van der Waals surface area contributed by atoms with Gasteiger partial charge in [-0.3, -0.25) is 13.8 Å². The van der Waals surface area contributed by atoms with Crippen LogP contribution < -0.4 is 5.56 Å². The monoisotopic (exact) mass is 459 g/mol. The number of rotatable bonds is 5. The van der Waals surface area contributed by atoms with Crippen molar-refractivity contribution in [2.45, 2.75) is 17.8 Å². The summed E-state index contributed by atoms with van der Waals surface area (Å²) in [7, 11) is 0. The van der Waals surface area contributed by atoms with Crippen molar-refractivity contribution >= 4 is 29.0 Å². The summed E-state index contributed by atoms with van der Waals surface area (Å²) in [4.78, 5) is 17.0. The van der Waals surface area contributed by atoms with Gasteiger partial charge in [0.25, 0.3) is 5.56 Å². The van der Waals surface area contributed by atoms with E-state index in [1.807, 2.05) is 59.2 Å². The van der Waals surface area contributed by atoms with Crippen molar-refractivity contribution < 1.29 is 0 Å². The number of nitrogens with zero attached hydrogens (tertiary/aromatic N) is 5. The van der Waals surface area contributed by atoms with E-state index in [2.05, 4.69) is 34.2 Å². The average Bonchev–Trinajstić information content (AvgIpc) is 3.22. The molecule has 0 fully saturated rings. The molecule has 0 atom stereocenters. The second-order valence-corrected chi connectivity index (χ2v) is 8.67. The predicted molar refractivity (Wildman–Crippen MR) is 128 cm³/mol. The normalized spacial score (nSPS) is 11.2. The van der Waals surface area contributed by atoms with Gasteiger partial charge in [0.2, 0.25) is 0 Å². The van der Waals surface area contributed by atoms with Crippen LogP contribution in [-0.4, -0.2) is 24.1 Å². The van der Waals surface area contributed by atoms with E-state index in [9.17, 15) is 4.79 Å². The van der Waals surface area contributed by atoms with Crippen molar-refractivity contribution in [1.82, 2.24) is 24.1 Å². The topological polar surface area (TPSA) is 65.1 Å². The van der Waals surface area contributed by atoms with Crippen molar-refractivity contribution in [3.8, 4) is 17.1 Å². The molecule has 0 aliphatic carbocycles. The molecule has 0 N–H and O–H groups in total. The third kappa shape index (κ3) is 4.04. The Morgan fingerprint density at radius 3 is 2.62 bits per heavy atom. The molecule has 0 bridgehead atoms.